The summed E-state index contributed by atoms with van der Waals surface area (Å²) in [7, 11) is -3.51. The van der Waals surface area contributed by atoms with E-state index < -0.39 is 45.5 Å². The van der Waals surface area contributed by atoms with Gasteiger partial charge in [-0.3, -0.25) is 9.59 Å². The number of nitrogens with one attached hydrogen (secondary N) is 2. The van der Waals surface area contributed by atoms with E-state index in [0.717, 1.165) is 33.9 Å². The molecule has 0 bridgehead atoms. The first-order valence-electron chi connectivity index (χ1n) is 13.2. The molecule has 0 saturated heterocycles. The van der Waals surface area contributed by atoms with E-state index in [0.29, 0.717) is 0 Å². The molecule has 1 aliphatic rings. The number of hydrogen-bond donors (Lipinski definition) is 2. The van der Waals surface area contributed by atoms with Crippen molar-refractivity contribution in [3.05, 3.63) is 71.1 Å². The quantitative estimate of drug-likeness (QED) is 0.407. The Morgan fingerprint density at radius 3 is 2.00 bits per heavy atom. The van der Waals surface area contributed by atoms with Gasteiger partial charge in [-0.05, 0) is 48.9 Å². The van der Waals surface area contributed by atoms with Gasteiger partial charge >= 0.3 is 12.1 Å². The Labute approximate surface area is 236 Å². The Bertz CT molecular complexity index is 1330. The third kappa shape index (κ3) is 8.67. The van der Waals surface area contributed by atoms with Crippen molar-refractivity contribution in [3.63, 3.8) is 0 Å². The fourth-order valence-electron chi connectivity index (χ4n) is 4.54. The fraction of sp³-hybridized carbons (Fsp3) is 0.433. The Kier molecular flexibility index (Phi) is 9.78. The minimum Gasteiger partial charge on any atom is -0.460 e. The van der Waals surface area contributed by atoms with Crippen LogP contribution in [0.1, 0.15) is 58.1 Å². The molecule has 2 amide bonds. The van der Waals surface area contributed by atoms with Gasteiger partial charge in [0, 0.05) is 17.6 Å². The van der Waals surface area contributed by atoms with Crippen LogP contribution in [0, 0.1) is 5.92 Å². The largest absolute Gasteiger partial charge is 0.460 e. The zero-order valence-electron chi connectivity index (χ0n) is 23.8. The molecule has 0 spiro atoms. The van der Waals surface area contributed by atoms with Crippen LogP contribution in [0.2, 0.25) is 0 Å². The van der Waals surface area contributed by atoms with Crippen molar-refractivity contribution in [2.45, 2.75) is 64.6 Å². The number of esters is 1. The van der Waals surface area contributed by atoms with Gasteiger partial charge in [0.1, 0.15) is 18.2 Å². The van der Waals surface area contributed by atoms with E-state index in [9.17, 15) is 22.8 Å². The summed E-state index contributed by atoms with van der Waals surface area (Å²) >= 11 is 0. The maximum absolute atomic E-state index is 13.2. The van der Waals surface area contributed by atoms with Gasteiger partial charge < -0.3 is 20.1 Å². The van der Waals surface area contributed by atoms with Gasteiger partial charge in [-0.15, -0.1) is 0 Å². The van der Waals surface area contributed by atoms with E-state index in [2.05, 4.69) is 10.6 Å². The van der Waals surface area contributed by atoms with E-state index in [1.807, 2.05) is 48.5 Å². The Hall–Kier alpha value is -3.66. The Balaban J connectivity index is 1.68. The first-order chi connectivity index (χ1) is 18.6. The molecule has 2 aromatic carbocycles. The number of benzene rings is 2. The molecule has 10 heteroatoms. The zero-order valence-corrected chi connectivity index (χ0v) is 24.6. The number of fused-ring (bicyclic) bond motifs is 3. The normalized spacial score (nSPS) is 14.8. The van der Waals surface area contributed by atoms with Crippen LogP contribution in [0.4, 0.5) is 4.79 Å². The summed E-state index contributed by atoms with van der Waals surface area (Å²) in [5, 5.41) is 6.20. The van der Waals surface area contributed by atoms with Crippen LogP contribution in [0.3, 0.4) is 0 Å². The summed E-state index contributed by atoms with van der Waals surface area (Å²) in [5.74, 6) is -1.66. The predicted molar refractivity (Wildman–Crippen MR) is 153 cm³/mol. The standard InChI is InChI=1S/C30H38N2O7S/c1-19(2)27(28(34)31-20(15-16-40(6,36)37)17-26(33)39-30(3,4)5)32-29(35)38-18-25-23-13-9-7-11-21(23)22-12-8-10-14-24(22)25/h7-16,19-20,25,27H,17-18H2,1-6H3,(H,31,34)(H,32,35)/b16-15+/t20-,27+/m1/s1. The molecule has 0 radical (unpaired) electrons. The lowest BCUT2D eigenvalue weighted by molar-refractivity contribution is -0.155. The molecular formula is C30H38N2O7S. The third-order valence-electron chi connectivity index (χ3n) is 6.26. The number of sulfone groups is 1. The van der Waals surface area contributed by atoms with Crippen molar-refractivity contribution in [1.82, 2.24) is 10.6 Å². The van der Waals surface area contributed by atoms with E-state index in [-0.39, 0.29) is 24.9 Å². The van der Waals surface area contributed by atoms with Gasteiger partial charge in [-0.1, -0.05) is 68.5 Å². The average Bonchev–Trinajstić information content (AvgIpc) is 3.16. The maximum atomic E-state index is 13.2. The second kappa shape index (κ2) is 12.7. The summed E-state index contributed by atoms with van der Waals surface area (Å²) in [6.45, 7) is 8.71. The molecule has 0 aliphatic heterocycles. The number of alkyl carbamates (subject to hydrolysis) is 1. The summed E-state index contributed by atoms with van der Waals surface area (Å²) in [6.07, 6.45) is 1.18. The van der Waals surface area contributed by atoms with E-state index in [4.69, 9.17) is 9.47 Å². The average molecular weight is 571 g/mol. The highest BCUT2D eigenvalue weighted by atomic mass is 32.2. The molecule has 2 aromatic rings. The van der Waals surface area contributed by atoms with Gasteiger partial charge in [-0.25, -0.2) is 13.2 Å². The molecule has 216 valence electrons. The molecule has 3 rings (SSSR count). The molecule has 0 unspecified atom stereocenters. The Morgan fingerprint density at radius 1 is 0.950 bits per heavy atom. The highest BCUT2D eigenvalue weighted by molar-refractivity contribution is 7.93. The number of amides is 2. The minimum absolute atomic E-state index is 0.0880. The Morgan fingerprint density at radius 2 is 1.50 bits per heavy atom. The molecule has 0 aromatic heterocycles. The number of rotatable bonds is 10. The SMILES string of the molecule is CC(C)[C@H](NC(=O)OCC1c2ccccc2-c2ccccc21)C(=O)N[C@H](/C=C/S(C)(=O)=O)CC(=O)OC(C)(C)C. The molecule has 2 N–H and O–H groups in total. The summed E-state index contributed by atoms with van der Waals surface area (Å²) in [4.78, 5) is 38.4. The molecule has 9 nitrogen and oxygen atoms in total. The second-order valence-corrected chi connectivity index (χ2v) is 13.2. The monoisotopic (exact) mass is 570 g/mol. The van der Waals surface area contributed by atoms with Crippen molar-refractivity contribution in [2.75, 3.05) is 12.9 Å². The molecular weight excluding hydrogens is 532 g/mol. The van der Waals surface area contributed by atoms with Crippen LogP contribution in [0.5, 0.6) is 0 Å². The summed E-state index contributed by atoms with van der Waals surface area (Å²) in [5.41, 5.74) is 3.59. The maximum Gasteiger partial charge on any atom is 0.407 e. The van der Waals surface area contributed by atoms with Gasteiger partial charge in [0.15, 0.2) is 9.84 Å². The second-order valence-electron chi connectivity index (χ2n) is 11.3. The lowest BCUT2D eigenvalue weighted by Gasteiger charge is -2.25. The molecule has 2 atom stereocenters. The van der Waals surface area contributed by atoms with Gasteiger partial charge in [0.2, 0.25) is 5.91 Å². The van der Waals surface area contributed by atoms with E-state index in [1.165, 1.54) is 6.08 Å². The number of hydrogen-bond acceptors (Lipinski definition) is 7. The fourth-order valence-corrected chi connectivity index (χ4v) is 5.02. The van der Waals surface area contributed by atoms with Crippen molar-refractivity contribution >= 4 is 27.8 Å². The lowest BCUT2D eigenvalue weighted by atomic mass is 9.98. The van der Waals surface area contributed by atoms with E-state index in [1.54, 1.807) is 34.6 Å². The van der Waals surface area contributed by atoms with Gasteiger partial charge in [0.25, 0.3) is 0 Å². The lowest BCUT2D eigenvalue weighted by Crippen LogP contribution is -2.52. The van der Waals surface area contributed by atoms with Crippen LogP contribution in [0.25, 0.3) is 11.1 Å². The van der Waals surface area contributed by atoms with Crippen molar-refractivity contribution in [3.8, 4) is 11.1 Å². The van der Waals surface area contributed by atoms with Crippen LogP contribution in [-0.4, -0.2) is 56.9 Å². The van der Waals surface area contributed by atoms with Crippen LogP contribution >= 0.6 is 0 Å². The van der Waals surface area contributed by atoms with E-state index >= 15 is 0 Å². The van der Waals surface area contributed by atoms with Crippen molar-refractivity contribution in [2.24, 2.45) is 5.92 Å². The predicted octanol–water partition coefficient (Wildman–Crippen LogP) is 4.32. The minimum atomic E-state index is -3.51. The molecule has 40 heavy (non-hydrogen) atoms. The van der Waals surface area contributed by atoms with Crippen LogP contribution < -0.4 is 10.6 Å². The third-order valence-corrected chi connectivity index (χ3v) is 6.91. The van der Waals surface area contributed by atoms with Crippen LogP contribution in [0.15, 0.2) is 60.0 Å². The zero-order chi connectivity index (χ0) is 29.7. The summed E-state index contributed by atoms with van der Waals surface area (Å²) in [6, 6.07) is 14.0. The van der Waals surface area contributed by atoms with Crippen LogP contribution in [-0.2, 0) is 28.9 Å². The van der Waals surface area contributed by atoms with Crippen molar-refractivity contribution < 1.29 is 32.3 Å². The molecule has 0 heterocycles. The number of ether oxygens (including phenoxy) is 2. The summed E-state index contributed by atoms with van der Waals surface area (Å²) < 4.78 is 34.2. The highest BCUT2D eigenvalue weighted by Gasteiger charge is 2.31. The number of carbonyl (C=O) groups excluding carboxylic acids is 3. The molecule has 0 fully saturated rings. The number of carbonyl (C=O) groups is 3. The topological polar surface area (TPSA) is 128 Å². The molecule has 0 saturated carbocycles. The smallest absolute Gasteiger partial charge is 0.407 e. The van der Waals surface area contributed by atoms with Gasteiger partial charge in [0.05, 0.1) is 12.5 Å². The first-order valence-corrected chi connectivity index (χ1v) is 15.1. The highest BCUT2D eigenvalue weighted by Crippen LogP contribution is 2.44. The van der Waals surface area contributed by atoms with Gasteiger partial charge in [-0.2, -0.15) is 0 Å². The first kappa shape index (κ1) is 30.9. The van der Waals surface area contributed by atoms with Crippen molar-refractivity contribution in [1.29, 1.82) is 0 Å². The molecule has 1 aliphatic carbocycles.